The molecule has 84 valence electrons. The van der Waals surface area contributed by atoms with Gasteiger partial charge in [-0.3, -0.25) is 14.5 Å². The van der Waals surface area contributed by atoms with E-state index in [1.807, 2.05) is 23.7 Å². The van der Waals surface area contributed by atoms with Gasteiger partial charge in [0.1, 0.15) is 0 Å². The monoisotopic (exact) mass is 236 g/mol. The van der Waals surface area contributed by atoms with Crippen LogP contribution in [0.1, 0.15) is 12.6 Å². The van der Waals surface area contributed by atoms with Crippen molar-refractivity contribution < 1.29 is 4.79 Å². The van der Waals surface area contributed by atoms with Gasteiger partial charge in [-0.1, -0.05) is 0 Å². The third-order valence-electron chi connectivity index (χ3n) is 2.18. The maximum atomic E-state index is 11.6. The maximum Gasteiger partial charge on any atom is 0.264 e. The molecule has 1 aliphatic rings. The first kappa shape index (κ1) is 10.9. The standard InChI is InChI=1S/C10H12N4OS/c1-3-14-7(4-5-12-14)6-8-9(15)13-10(11-2)16-8/h4-6H,3H2,1-2H3,(H,11,13,15). The number of thioether (sulfide) groups is 1. The highest BCUT2D eigenvalue weighted by Gasteiger charge is 2.23. The minimum atomic E-state index is -0.102. The highest BCUT2D eigenvalue weighted by Crippen LogP contribution is 2.25. The summed E-state index contributed by atoms with van der Waals surface area (Å²) < 4.78 is 1.84. The summed E-state index contributed by atoms with van der Waals surface area (Å²) in [6.45, 7) is 2.79. The average molecular weight is 236 g/mol. The second-order valence-electron chi connectivity index (χ2n) is 3.17. The van der Waals surface area contributed by atoms with Gasteiger partial charge in [0.2, 0.25) is 0 Å². The van der Waals surface area contributed by atoms with Crippen molar-refractivity contribution in [3.05, 3.63) is 22.9 Å². The predicted octanol–water partition coefficient (Wildman–Crippen LogP) is 1.09. The molecule has 6 heteroatoms. The molecule has 0 unspecified atom stereocenters. The summed E-state index contributed by atoms with van der Waals surface area (Å²) >= 11 is 1.35. The Balaban J connectivity index is 2.28. The Hall–Kier alpha value is -1.56. The fourth-order valence-corrected chi connectivity index (χ4v) is 2.16. The van der Waals surface area contributed by atoms with Gasteiger partial charge < -0.3 is 5.32 Å². The van der Waals surface area contributed by atoms with Gasteiger partial charge in [0.15, 0.2) is 5.17 Å². The van der Waals surface area contributed by atoms with E-state index in [4.69, 9.17) is 0 Å². The molecule has 0 radical (unpaired) electrons. The van der Waals surface area contributed by atoms with Crippen LogP contribution < -0.4 is 5.32 Å². The van der Waals surface area contributed by atoms with Crippen molar-refractivity contribution in [3.63, 3.8) is 0 Å². The van der Waals surface area contributed by atoms with Crippen molar-refractivity contribution in [2.24, 2.45) is 4.99 Å². The first-order valence-electron chi connectivity index (χ1n) is 4.94. The normalized spacial score (nSPS) is 20.8. The average Bonchev–Trinajstić information content (AvgIpc) is 2.86. The number of amides is 1. The lowest BCUT2D eigenvalue weighted by Crippen LogP contribution is -2.19. The molecule has 1 amide bonds. The zero-order chi connectivity index (χ0) is 11.5. The molecule has 0 bridgehead atoms. The molecule has 0 atom stereocenters. The Labute approximate surface area is 97.6 Å². The highest BCUT2D eigenvalue weighted by molar-refractivity contribution is 8.18. The van der Waals surface area contributed by atoms with E-state index in [2.05, 4.69) is 15.4 Å². The molecule has 1 saturated heterocycles. The van der Waals surface area contributed by atoms with E-state index >= 15 is 0 Å². The van der Waals surface area contributed by atoms with Crippen LogP contribution >= 0.6 is 11.8 Å². The number of rotatable bonds is 2. The number of nitrogens with zero attached hydrogens (tertiary/aromatic N) is 3. The SMILES string of the molecule is CCn1nccc1C=C1SC(=NC)NC1=O. The molecule has 0 aromatic carbocycles. The maximum absolute atomic E-state index is 11.6. The molecule has 5 nitrogen and oxygen atoms in total. The van der Waals surface area contributed by atoms with E-state index in [-0.39, 0.29) is 5.91 Å². The summed E-state index contributed by atoms with van der Waals surface area (Å²) in [5.41, 5.74) is 0.928. The van der Waals surface area contributed by atoms with Crippen molar-refractivity contribution >= 4 is 28.9 Å². The van der Waals surface area contributed by atoms with Crippen LogP contribution in [0, 0.1) is 0 Å². The summed E-state index contributed by atoms with van der Waals surface area (Å²) in [7, 11) is 1.65. The summed E-state index contributed by atoms with van der Waals surface area (Å²) in [6, 6.07) is 1.88. The molecule has 0 spiro atoms. The predicted molar refractivity (Wildman–Crippen MR) is 65.0 cm³/mol. The van der Waals surface area contributed by atoms with Crippen LogP contribution in [-0.4, -0.2) is 27.9 Å². The highest BCUT2D eigenvalue weighted by atomic mass is 32.2. The quantitative estimate of drug-likeness (QED) is 0.782. The smallest absolute Gasteiger partial charge is 0.264 e. The second kappa shape index (κ2) is 4.52. The van der Waals surface area contributed by atoms with E-state index in [9.17, 15) is 4.79 Å². The summed E-state index contributed by atoms with van der Waals surface area (Å²) in [5.74, 6) is -0.102. The van der Waals surface area contributed by atoms with E-state index < -0.39 is 0 Å². The van der Waals surface area contributed by atoms with E-state index in [0.29, 0.717) is 10.1 Å². The Kier molecular flexibility index (Phi) is 3.09. The molecule has 1 aromatic rings. The number of amidine groups is 1. The molecule has 2 rings (SSSR count). The fourth-order valence-electron chi connectivity index (χ4n) is 1.40. The van der Waals surface area contributed by atoms with E-state index in [1.165, 1.54) is 11.8 Å². The Morgan fingerprint density at radius 1 is 1.69 bits per heavy atom. The topological polar surface area (TPSA) is 59.3 Å². The number of hydrogen-bond acceptors (Lipinski definition) is 4. The van der Waals surface area contributed by atoms with Crippen molar-refractivity contribution in [3.8, 4) is 0 Å². The molecule has 16 heavy (non-hydrogen) atoms. The van der Waals surface area contributed by atoms with Gasteiger partial charge in [0, 0.05) is 19.8 Å². The van der Waals surface area contributed by atoms with Crippen molar-refractivity contribution in [2.75, 3.05) is 7.05 Å². The molecule has 1 fully saturated rings. The van der Waals surface area contributed by atoms with Crippen LogP contribution in [0.2, 0.25) is 0 Å². The minimum absolute atomic E-state index is 0.102. The lowest BCUT2D eigenvalue weighted by Gasteiger charge is -1.99. The molecule has 1 N–H and O–H groups in total. The number of aryl methyl sites for hydroxylation is 1. The van der Waals surface area contributed by atoms with Gasteiger partial charge in [0.05, 0.1) is 10.6 Å². The number of nitrogens with one attached hydrogen (secondary N) is 1. The number of aliphatic imine (C=N–C) groups is 1. The van der Waals surface area contributed by atoms with Crippen LogP contribution in [0.25, 0.3) is 6.08 Å². The third kappa shape index (κ3) is 2.01. The first-order valence-corrected chi connectivity index (χ1v) is 5.75. The molecular weight excluding hydrogens is 224 g/mol. The van der Waals surface area contributed by atoms with E-state index in [0.717, 1.165) is 12.2 Å². The Bertz CT molecular complexity index is 475. The van der Waals surface area contributed by atoms with Gasteiger partial charge in [-0.2, -0.15) is 5.10 Å². The molecule has 1 aliphatic heterocycles. The minimum Gasteiger partial charge on any atom is -0.301 e. The molecule has 1 aromatic heterocycles. The van der Waals surface area contributed by atoms with Crippen LogP contribution in [0.4, 0.5) is 0 Å². The van der Waals surface area contributed by atoms with Gasteiger partial charge >= 0.3 is 0 Å². The number of carbonyl (C=O) groups is 1. The van der Waals surface area contributed by atoms with Gasteiger partial charge in [-0.25, -0.2) is 0 Å². The van der Waals surface area contributed by atoms with Crippen LogP contribution in [0.5, 0.6) is 0 Å². The van der Waals surface area contributed by atoms with Crippen molar-refractivity contribution in [1.29, 1.82) is 0 Å². The lowest BCUT2D eigenvalue weighted by atomic mass is 10.3. The fraction of sp³-hybridized carbons (Fsp3) is 0.300. The molecule has 0 saturated carbocycles. The number of aromatic nitrogens is 2. The van der Waals surface area contributed by atoms with Crippen molar-refractivity contribution in [1.82, 2.24) is 15.1 Å². The molecular formula is C10H12N4OS. The number of hydrogen-bond donors (Lipinski definition) is 1. The third-order valence-corrected chi connectivity index (χ3v) is 3.18. The zero-order valence-electron chi connectivity index (χ0n) is 9.10. The lowest BCUT2D eigenvalue weighted by molar-refractivity contribution is -0.115. The molecule has 0 aliphatic carbocycles. The van der Waals surface area contributed by atoms with Crippen LogP contribution in [0.15, 0.2) is 22.2 Å². The van der Waals surface area contributed by atoms with Crippen LogP contribution in [-0.2, 0) is 11.3 Å². The first-order chi connectivity index (χ1) is 7.74. The van der Waals surface area contributed by atoms with E-state index in [1.54, 1.807) is 13.2 Å². The largest absolute Gasteiger partial charge is 0.301 e. The van der Waals surface area contributed by atoms with Gasteiger partial charge in [-0.05, 0) is 30.8 Å². The summed E-state index contributed by atoms with van der Waals surface area (Å²) in [4.78, 5) is 16.2. The summed E-state index contributed by atoms with van der Waals surface area (Å²) in [5, 5.41) is 7.46. The Morgan fingerprint density at radius 2 is 2.50 bits per heavy atom. The number of carbonyl (C=O) groups excluding carboxylic acids is 1. The summed E-state index contributed by atoms with van der Waals surface area (Å²) in [6.07, 6.45) is 3.55. The zero-order valence-corrected chi connectivity index (χ0v) is 9.91. The van der Waals surface area contributed by atoms with Crippen LogP contribution in [0.3, 0.4) is 0 Å². The Morgan fingerprint density at radius 3 is 3.12 bits per heavy atom. The van der Waals surface area contributed by atoms with Gasteiger partial charge in [0.25, 0.3) is 5.91 Å². The second-order valence-corrected chi connectivity index (χ2v) is 4.20. The van der Waals surface area contributed by atoms with Gasteiger partial charge in [-0.15, -0.1) is 0 Å². The van der Waals surface area contributed by atoms with Crippen molar-refractivity contribution in [2.45, 2.75) is 13.5 Å². The molecule has 2 heterocycles.